The van der Waals surface area contributed by atoms with Crippen molar-refractivity contribution in [3.63, 3.8) is 0 Å². The fourth-order valence-corrected chi connectivity index (χ4v) is 2.96. The van der Waals surface area contributed by atoms with Gasteiger partial charge in [-0.3, -0.25) is 0 Å². The van der Waals surface area contributed by atoms with Gasteiger partial charge in [0.1, 0.15) is 0 Å². The molecule has 1 heteroatoms. The highest BCUT2D eigenvalue weighted by molar-refractivity contribution is 5.32. The van der Waals surface area contributed by atoms with Crippen LogP contribution in [0.25, 0.3) is 0 Å². The first-order valence-electron chi connectivity index (χ1n) is 5.50. The van der Waals surface area contributed by atoms with Crippen LogP contribution in [0.15, 0.2) is 36.5 Å². The molecule has 0 bridgehead atoms. The fourth-order valence-electron chi connectivity index (χ4n) is 2.96. The molecule has 2 fully saturated rings. The summed E-state index contributed by atoms with van der Waals surface area (Å²) in [6.45, 7) is 5.81. The van der Waals surface area contributed by atoms with Gasteiger partial charge in [-0.05, 0) is 37.2 Å². The molecule has 0 aliphatic heterocycles. The van der Waals surface area contributed by atoms with Crippen LogP contribution < -0.4 is 5.73 Å². The zero-order valence-electron chi connectivity index (χ0n) is 8.82. The van der Waals surface area contributed by atoms with E-state index in [2.05, 4.69) is 31.7 Å². The van der Waals surface area contributed by atoms with Crippen molar-refractivity contribution >= 4 is 0 Å². The number of fused-ring (bicyclic) bond motifs is 1. The highest BCUT2D eigenvalue weighted by atomic mass is 14.8. The molecule has 2 N–H and O–H groups in total. The first kappa shape index (κ1) is 9.72. The summed E-state index contributed by atoms with van der Waals surface area (Å²) in [6.07, 6.45) is 11.0. The Morgan fingerprint density at radius 1 is 1.36 bits per heavy atom. The van der Waals surface area contributed by atoms with Gasteiger partial charge in [-0.15, -0.1) is 0 Å². The van der Waals surface area contributed by atoms with Gasteiger partial charge in [-0.1, -0.05) is 30.9 Å². The van der Waals surface area contributed by atoms with Crippen molar-refractivity contribution in [2.45, 2.75) is 25.8 Å². The standard InChI is InChI=1S/C13H19N/c1-3-5-9(6-4-2)12-10-7-8-11(10)13(12)14/h3-6,10-13H,1,7-8,14H2,2H3/b6-4-,9-5+/t10?,11?,12-,13-/m1/s1. The van der Waals surface area contributed by atoms with Crippen molar-refractivity contribution in [2.24, 2.45) is 23.5 Å². The number of rotatable bonds is 3. The Morgan fingerprint density at radius 3 is 2.50 bits per heavy atom. The van der Waals surface area contributed by atoms with E-state index in [9.17, 15) is 0 Å². The monoisotopic (exact) mass is 189 g/mol. The molecule has 0 amide bonds. The lowest BCUT2D eigenvalue weighted by molar-refractivity contribution is -0.0297. The van der Waals surface area contributed by atoms with Crippen LogP contribution in [-0.4, -0.2) is 6.04 Å². The van der Waals surface area contributed by atoms with E-state index in [-0.39, 0.29) is 0 Å². The van der Waals surface area contributed by atoms with Gasteiger partial charge in [0.05, 0.1) is 0 Å². The summed E-state index contributed by atoms with van der Waals surface area (Å²) in [5, 5.41) is 0. The van der Waals surface area contributed by atoms with E-state index in [0.717, 1.165) is 11.8 Å². The van der Waals surface area contributed by atoms with Crippen LogP contribution in [0, 0.1) is 17.8 Å². The number of hydrogen-bond acceptors (Lipinski definition) is 1. The zero-order valence-corrected chi connectivity index (χ0v) is 8.82. The molecule has 0 aromatic heterocycles. The van der Waals surface area contributed by atoms with Crippen LogP contribution in [0.1, 0.15) is 19.8 Å². The van der Waals surface area contributed by atoms with E-state index in [0.29, 0.717) is 12.0 Å². The molecule has 2 unspecified atom stereocenters. The van der Waals surface area contributed by atoms with Gasteiger partial charge >= 0.3 is 0 Å². The predicted molar refractivity (Wildman–Crippen MR) is 60.8 cm³/mol. The van der Waals surface area contributed by atoms with E-state index >= 15 is 0 Å². The number of hydrogen-bond donors (Lipinski definition) is 1. The Morgan fingerprint density at radius 2 is 2.07 bits per heavy atom. The van der Waals surface area contributed by atoms with Crippen LogP contribution in [-0.2, 0) is 0 Å². The van der Waals surface area contributed by atoms with E-state index < -0.39 is 0 Å². The molecule has 2 rings (SSSR count). The lowest BCUT2D eigenvalue weighted by Crippen LogP contribution is -2.61. The second kappa shape index (κ2) is 3.74. The Kier molecular flexibility index (Phi) is 2.60. The molecule has 0 spiro atoms. The SMILES string of the molecule is C=C/C=C(\C=C/C)[C@@H]1C2CCC2[C@H]1N. The van der Waals surface area contributed by atoms with Gasteiger partial charge in [-0.25, -0.2) is 0 Å². The Balaban J connectivity index is 2.12. The van der Waals surface area contributed by atoms with Crippen molar-refractivity contribution in [3.8, 4) is 0 Å². The molecule has 0 saturated heterocycles. The van der Waals surface area contributed by atoms with E-state index in [1.54, 1.807) is 0 Å². The van der Waals surface area contributed by atoms with Crippen molar-refractivity contribution in [2.75, 3.05) is 0 Å². The van der Waals surface area contributed by atoms with Crippen LogP contribution in [0.2, 0.25) is 0 Å². The smallest absolute Gasteiger partial charge is 0.0142 e. The minimum atomic E-state index is 0.399. The minimum absolute atomic E-state index is 0.399. The van der Waals surface area contributed by atoms with Gasteiger partial charge in [0, 0.05) is 12.0 Å². The third kappa shape index (κ3) is 1.27. The first-order chi connectivity index (χ1) is 6.79. The minimum Gasteiger partial charge on any atom is -0.327 e. The van der Waals surface area contributed by atoms with Crippen LogP contribution in [0.3, 0.4) is 0 Å². The maximum absolute atomic E-state index is 6.16. The molecular formula is C13H19N. The van der Waals surface area contributed by atoms with Crippen LogP contribution in [0.5, 0.6) is 0 Å². The third-order valence-corrected chi connectivity index (χ3v) is 3.81. The van der Waals surface area contributed by atoms with E-state index in [1.807, 2.05) is 6.08 Å². The van der Waals surface area contributed by atoms with Crippen molar-refractivity contribution in [1.82, 2.24) is 0 Å². The zero-order chi connectivity index (χ0) is 10.1. The normalized spacial score (nSPS) is 41.4. The summed E-state index contributed by atoms with van der Waals surface area (Å²) < 4.78 is 0. The van der Waals surface area contributed by atoms with E-state index in [1.165, 1.54) is 18.4 Å². The molecule has 0 radical (unpaired) electrons. The second-order valence-corrected chi connectivity index (χ2v) is 4.41. The Hall–Kier alpha value is -0.820. The average molecular weight is 189 g/mol. The molecule has 2 saturated carbocycles. The topological polar surface area (TPSA) is 26.0 Å². The van der Waals surface area contributed by atoms with Crippen molar-refractivity contribution in [1.29, 1.82) is 0 Å². The van der Waals surface area contributed by atoms with Gasteiger partial charge in [0.2, 0.25) is 0 Å². The van der Waals surface area contributed by atoms with Gasteiger partial charge in [0.25, 0.3) is 0 Å². The molecule has 0 aromatic rings. The lowest BCUT2D eigenvalue weighted by Gasteiger charge is -2.58. The highest BCUT2D eigenvalue weighted by Crippen LogP contribution is 2.56. The van der Waals surface area contributed by atoms with Crippen LogP contribution in [0.4, 0.5) is 0 Å². The predicted octanol–water partition coefficient (Wildman–Crippen LogP) is 2.66. The summed E-state index contributed by atoms with van der Waals surface area (Å²) in [4.78, 5) is 0. The summed E-state index contributed by atoms with van der Waals surface area (Å²) >= 11 is 0. The maximum atomic E-state index is 6.16. The molecular weight excluding hydrogens is 170 g/mol. The summed E-state index contributed by atoms with van der Waals surface area (Å²) in [5.41, 5.74) is 7.53. The summed E-state index contributed by atoms with van der Waals surface area (Å²) in [5.74, 6) is 2.29. The van der Waals surface area contributed by atoms with Crippen LogP contribution >= 0.6 is 0 Å². The number of allylic oxidation sites excluding steroid dienone is 4. The third-order valence-electron chi connectivity index (χ3n) is 3.81. The van der Waals surface area contributed by atoms with Gasteiger partial charge < -0.3 is 5.73 Å². The van der Waals surface area contributed by atoms with Crippen molar-refractivity contribution < 1.29 is 0 Å². The summed E-state index contributed by atoms with van der Waals surface area (Å²) in [6, 6.07) is 0.399. The molecule has 0 aromatic carbocycles. The molecule has 2 aliphatic rings. The van der Waals surface area contributed by atoms with Gasteiger partial charge in [-0.2, -0.15) is 0 Å². The molecule has 4 atom stereocenters. The number of nitrogens with two attached hydrogens (primary N) is 1. The van der Waals surface area contributed by atoms with Gasteiger partial charge in [0.15, 0.2) is 0 Å². The van der Waals surface area contributed by atoms with Crippen molar-refractivity contribution in [3.05, 3.63) is 36.5 Å². The largest absolute Gasteiger partial charge is 0.327 e. The molecule has 76 valence electrons. The first-order valence-corrected chi connectivity index (χ1v) is 5.50. The highest BCUT2D eigenvalue weighted by Gasteiger charge is 2.54. The summed E-state index contributed by atoms with van der Waals surface area (Å²) in [7, 11) is 0. The molecule has 0 heterocycles. The molecule has 14 heavy (non-hydrogen) atoms. The van der Waals surface area contributed by atoms with E-state index in [4.69, 9.17) is 5.73 Å². The fraction of sp³-hybridized carbons (Fsp3) is 0.538. The second-order valence-electron chi connectivity index (χ2n) is 4.41. The average Bonchev–Trinajstić information content (AvgIpc) is 2.12. The Bertz CT molecular complexity index is 282. The lowest BCUT2D eigenvalue weighted by atomic mass is 9.48. The molecule has 2 aliphatic carbocycles. The maximum Gasteiger partial charge on any atom is 0.0142 e. The Labute approximate surface area is 86.4 Å². The molecule has 1 nitrogen and oxygen atoms in total. The quantitative estimate of drug-likeness (QED) is 0.679.